The van der Waals surface area contributed by atoms with E-state index in [0.717, 1.165) is 58.5 Å². The van der Waals surface area contributed by atoms with E-state index >= 15 is 0 Å². The highest BCUT2D eigenvalue weighted by molar-refractivity contribution is 5.22. The van der Waals surface area contributed by atoms with E-state index in [4.69, 9.17) is 0 Å². The molecule has 0 spiro atoms. The highest BCUT2D eigenvalue weighted by Gasteiger charge is 2.34. The van der Waals surface area contributed by atoms with Crippen molar-refractivity contribution in [3.63, 3.8) is 0 Å². The molecular formula is C21H34N2O2. The summed E-state index contributed by atoms with van der Waals surface area (Å²) >= 11 is 0. The summed E-state index contributed by atoms with van der Waals surface area (Å²) in [4.78, 5) is 5.05. The van der Waals surface area contributed by atoms with Crippen LogP contribution in [-0.2, 0) is 13.0 Å². The molecule has 0 saturated carbocycles. The van der Waals surface area contributed by atoms with E-state index in [2.05, 4.69) is 41.0 Å². The zero-order valence-electron chi connectivity index (χ0n) is 15.6. The smallest absolute Gasteiger partial charge is 0.0475 e. The average Bonchev–Trinajstić information content (AvgIpc) is 3.04. The maximum atomic E-state index is 9.82. The summed E-state index contributed by atoms with van der Waals surface area (Å²) in [7, 11) is 0. The number of likely N-dealkylation sites (tertiary alicyclic amines) is 2. The molecule has 0 bridgehead atoms. The van der Waals surface area contributed by atoms with Crippen LogP contribution in [0.1, 0.15) is 30.9 Å². The first-order valence-electron chi connectivity index (χ1n) is 9.96. The molecule has 0 radical (unpaired) electrons. The fourth-order valence-corrected chi connectivity index (χ4v) is 4.40. The van der Waals surface area contributed by atoms with Gasteiger partial charge in [-0.05, 0) is 61.2 Å². The zero-order valence-corrected chi connectivity index (χ0v) is 15.6. The lowest BCUT2D eigenvalue weighted by atomic mass is 9.93. The van der Waals surface area contributed by atoms with Gasteiger partial charge in [-0.1, -0.05) is 31.2 Å². The van der Waals surface area contributed by atoms with E-state index in [-0.39, 0.29) is 0 Å². The Morgan fingerprint density at radius 1 is 0.880 bits per heavy atom. The molecule has 0 amide bonds. The van der Waals surface area contributed by atoms with Crippen molar-refractivity contribution >= 4 is 0 Å². The summed E-state index contributed by atoms with van der Waals surface area (Å²) < 4.78 is 0. The summed E-state index contributed by atoms with van der Waals surface area (Å²) in [6, 6.07) is 8.97. The third kappa shape index (κ3) is 5.04. The first-order valence-corrected chi connectivity index (χ1v) is 9.96. The molecule has 4 nitrogen and oxygen atoms in total. The van der Waals surface area contributed by atoms with Crippen molar-refractivity contribution in [3.05, 3.63) is 35.4 Å². The highest BCUT2D eigenvalue weighted by Crippen LogP contribution is 2.27. The molecule has 0 unspecified atom stereocenters. The fourth-order valence-electron chi connectivity index (χ4n) is 4.40. The minimum atomic E-state index is 0.295. The number of nitrogens with zero attached hydrogens (tertiary/aromatic N) is 2. The quantitative estimate of drug-likeness (QED) is 0.793. The monoisotopic (exact) mass is 346 g/mol. The van der Waals surface area contributed by atoms with Crippen LogP contribution in [0.4, 0.5) is 0 Å². The van der Waals surface area contributed by atoms with Crippen LogP contribution in [0.15, 0.2) is 24.3 Å². The summed E-state index contributed by atoms with van der Waals surface area (Å²) in [5, 5.41) is 19.1. The molecule has 4 heteroatoms. The molecule has 0 aromatic heterocycles. The van der Waals surface area contributed by atoms with E-state index in [1.54, 1.807) is 0 Å². The summed E-state index contributed by atoms with van der Waals surface area (Å²) in [6.45, 7) is 9.18. The van der Waals surface area contributed by atoms with Gasteiger partial charge in [0.25, 0.3) is 0 Å². The molecule has 2 heterocycles. The summed E-state index contributed by atoms with van der Waals surface area (Å²) in [6.07, 6.45) is 3.31. The predicted octanol–water partition coefficient (Wildman–Crippen LogP) is 1.99. The largest absolute Gasteiger partial charge is 0.396 e. The maximum Gasteiger partial charge on any atom is 0.0475 e. The molecule has 1 aromatic rings. The van der Waals surface area contributed by atoms with Gasteiger partial charge in [0.2, 0.25) is 0 Å². The van der Waals surface area contributed by atoms with Gasteiger partial charge < -0.3 is 15.1 Å². The van der Waals surface area contributed by atoms with Crippen LogP contribution in [0.2, 0.25) is 0 Å². The van der Waals surface area contributed by atoms with Crippen molar-refractivity contribution in [3.8, 4) is 0 Å². The Labute approximate surface area is 152 Å². The van der Waals surface area contributed by atoms with Crippen molar-refractivity contribution in [2.24, 2.45) is 17.8 Å². The second-order valence-corrected chi connectivity index (χ2v) is 7.99. The van der Waals surface area contributed by atoms with Crippen molar-refractivity contribution in [1.29, 1.82) is 0 Å². The maximum absolute atomic E-state index is 9.82. The number of hydrogen-bond donors (Lipinski definition) is 2. The van der Waals surface area contributed by atoms with Crippen LogP contribution in [0.25, 0.3) is 0 Å². The molecule has 2 fully saturated rings. The molecule has 2 N–H and O–H groups in total. The third-order valence-corrected chi connectivity index (χ3v) is 6.18. The van der Waals surface area contributed by atoms with E-state index in [1.165, 1.54) is 11.1 Å². The number of aliphatic hydroxyl groups excluding tert-OH is 2. The zero-order chi connectivity index (χ0) is 17.6. The summed E-state index contributed by atoms with van der Waals surface area (Å²) in [5.74, 6) is 1.45. The Kier molecular flexibility index (Phi) is 6.88. The molecular weight excluding hydrogens is 312 g/mol. The minimum absolute atomic E-state index is 0.295. The van der Waals surface area contributed by atoms with Gasteiger partial charge in [-0.25, -0.2) is 0 Å². The lowest BCUT2D eigenvalue weighted by Gasteiger charge is -2.33. The Bertz CT molecular complexity index is 511. The van der Waals surface area contributed by atoms with Gasteiger partial charge in [0.05, 0.1) is 0 Å². The van der Waals surface area contributed by atoms with Crippen LogP contribution in [0.3, 0.4) is 0 Å². The number of aryl methyl sites for hydroxylation is 1. The molecule has 140 valence electrons. The van der Waals surface area contributed by atoms with Crippen LogP contribution in [0, 0.1) is 17.8 Å². The van der Waals surface area contributed by atoms with E-state index in [9.17, 15) is 10.2 Å². The second kappa shape index (κ2) is 9.13. The number of rotatable bonds is 7. The van der Waals surface area contributed by atoms with Gasteiger partial charge in [-0.3, -0.25) is 4.90 Å². The highest BCUT2D eigenvalue weighted by atomic mass is 16.3. The lowest BCUT2D eigenvalue weighted by Crippen LogP contribution is -2.40. The van der Waals surface area contributed by atoms with Gasteiger partial charge in [0.1, 0.15) is 0 Å². The Morgan fingerprint density at radius 2 is 1.52 bits per heavy atom. The van der Waals surface area contributed by atoms with Crippen molar-refractivity contribution in [2.75, 3.05) is 45.9 Å². The fraction of sp³-hybridized carbons (Fsp3) is 0.714. The van der Waals surface area contributed by atoms with Gasteiger partial charge >= 0.3 is 0 Å². The molecule has 2 saturated heterocycles. The average molecular weight is 347 g/mol. The molecule has 2 atom stereocenters. The van der Waals surface area contributed by atoms with Crippen LogP contribution < -0.4 is 0 Å². The number of hydrogen-bond acceptors (Lipinski definition) is 4. The van der Waals surface area contributed by atoms with Crippen molar-refractivity contribution in [1.82, 2.24) is 9.80 Å². The molecule has 2 aliphatic heterocycles. The molecule has 1 aromatic carbocycles. The van der Waals surface area contributed by atoms with Crippen molar-refractivity contribution < 1.29 is 10.2 Å². The third-order valence-electron chi connectivity index (χ3n) is 6.18. The van der Waals surface area contributed by atoms with Crippen LogP contribution >= 0.6 is 0 Å². The Hall–Kier alpha value is -0.940. The number of piperidine rings is 1. The minimum Gasteiger partial charge on any atom is -0.396 e. The first-order chi connectivity index (χ1) is 12.2. The molecule has 0 aliphatic carbocycles. The molecule has 2 aliphatic rings. The Balaban J connectivity index is 1.51. The molecule has 25 heavy (non-hydrogen) atoms. The number of benzene rings is 1. The van der Waals surface area contributed by atoms with Gasteiger partial charge in [0, 0.05) is 39.4 Å². The van der Waals surface area contributed by atoms with E-state index in [1.807, 2.05) is 0 Å². The predicted molar refractivity (Wildman–Crippen MR) is 101 cm³/mol. The normalized spacial score (nSPS) is 26.4. The van der Waals surface area contributed by atoms with Gasteiger partial charge in [-0.15, -0.1) is 0 Å². The molecule has 3 rings (SSSR count). The SMILES string of the molecule is CCc1ccc(CN2C[C@@H](CN3CCC(CO)CC3)[C@@H](CO)C2)cc1. The van der Waals surface area contributed by atoms with Crippen LogP contribution in [-0.4, -0.2) is 66.0 Å². The lowest BCUT2D eigenvalue weighted by molar-refractivity contribution is 0.106. The first kappa shape index (κ1) is 18.8. The van der Waals surface area contributed by atoms with Gasteiger partial charge in [-0.2, -0.15) is 0 Å². The van der Waals surface area contributed by atoms with Gasteiger partial charge in [0.15, 0.2) is 0 Å². The van der Waals surface area contributed by atoms with Crippen molar-refractivity contribution in [2.45, 2.75) is 32.7 Å². The number of aliphatic hydroxyl groups is 2. The second-order valence-electron chi connectivity index (χ2n) is 7.99. The van der Waals surface area contributed by atoms with E-state index < -0.39 is 0 Å². The topological polar surface area (TPSA) is 46.9 Å². The Morgan fingerprint density at radius 3 is 2.12 bits per heavy atom. The standard InChI is InChI=1S/C21H34N2O2/c1-2-17-3-5-18(6-4-17)11-23-13-20(21(14-23)16-25)12-22-9-7-19(15-24)8-10-22/h3-6,19-21,24-25H,2,7-16H2,1H3/t20-,21-/m1/s1. The van der Waals surface area contributed by atoms with E-state index in [0.29, 0.717) is 31.0 Å². The van der Waals surface area contributed by atoms with Crippen LogP contribution in [0.5, 0.6) is 0 Å². The summed E-state index contributed by atoms with van der Waals surface area (Å²) in [5.41, 5.74) is 2.76.